The Kier molecular flexibility index (Phi) is 5.84. The molecule has 0 saturated heterocycles. The van der Waals surface area contributed by atoms with Gasteiger partial charge in [-0.05, 0) is 43.3 Å². The van der Waals surface area contributed by atoms with Crippen LogP contribution in [0.1, 0.15) is 24.2 Å². The van der Waals surface area contributed by atoms with Crippen molar-refractivity contribution in [3.63, 3.8) is 0 Å². The Morgan fingerprint density at radius 3 is 2.32 bits per heavy atom. The molecule has 0 aliphatic carbocycles. The first-order valence-corrected chi connectivity index (χ1v) is 7.46. The molecule has 130 valence electrons. The van der Waals surface area contributed by atoms with E-state index in [2.05, 4.69) is 10.6 Å². The van der Waals surface area contributed by atoms with Gasteiger partial charge in [-0.3, -0.25) is 14.4 Å². The van der Waals surface area contributed by atoms with Crippen molar-refractivity contribution in [3.05, 3.63) is 53.8 Å². The van der Waals surface area contributed by atoms with E-state index in [1.165, 1.54) is 19.9 Å². The van der Waals surface area contributed by atoms with Crippen LogP contribution in [0, 0.1) is 5.82 Å². The molecule has 6 nitrogen and oxygen atoms in total. The molecule has 25 heavy (non-hydrogen) atoms. The predicted octanol–water partition coefficient (Wildman–Crippen LogP) is 3.00. The van der Waals surface area contributed by atoms with E-state index in [0.29, 0.717) is 11.4 Å². The van der Waals surface area contributed by atoms with Crippen LogP contribution in [-0.4, -0.2) is 24.2 Å². The van der Waals surface area contributed by atoms with Crippen LogP contribution in [0.3, 0.4) is 0 Å². The monoisotopic (exact) mass is 344 g/mol. The van der Waals surface area contributed by atoms with Gasteiger partial charge in [0.2, 0.25) is 5.91 Å². The Morgan fingerprint density at radius 1 is 1.00 bits per heavy atom. The quantitative estimate of drug-likeness (QED) is 0.789. The van der Waals surface area contributed by atoms with Gasteiger partial charge in [-0.15, -0.1) is 0 Å². The average Bonchev–Trinajstić information content (AvgIpc) is 2.53. The molecule has 7 heteroatoms. The summed E-state index contributed by atoms with van der Waals surface area (Å²) in [6.45, 7) is 2.32. The van der Waals surface area contributed by atoms with Gasteiger partial charge in [0.05, 0.1) is 5.56 Å². The van der Waals surface area contributed by atoms with Gasteiger partial charge in [0.25, 0.3) is 5.91 Å². The second-order valence-corrected chi connectivity index (χ2v) is 5.30. The average molecular weight is 344 g/mol. The van der Waals surface area contributed by atoms with Gasteiger partial charge in [0, 0.05) is 18.3 Å². The molecule has 0 unspecified atom stereocenters. The molecule has 0 heterocycles. The topological polar surface area (TPSA) is 84.5 Å². The first-order valence-electron chi connectivity index (χ1n) is 7.46. The van der Waals surface area contributed by atoms with Crippen molar-refractivity contribution in [2.75, 3.05) is 17.2 Å². The summed E-state index contributed by atoms with van der Waals surface area (Å²) < 4.78 is 18.5. The minimum absolute atomic E-state index is 0.0699. The fourth-order valence-electron chi connectivity index (χ4n) is 2.12. The molecular weight excluding hydrogens is 327 g/mol. The van der Waals surface area contributed by atoms with Crippen LogP contribution in [-0.2, 0) is 9.59 Å². The third-order valence-corrected chi connectivity index (χ3v) is 3.15. The van der Waals surface area contributed by atoms with Crippen LogP contribution in [0.2, 0.25) is 0 Å². The number of carbonyl (C=O) groups excluding carboxylic acids is 3. The van der Waals surface area contributed by atoms with E-state index in [1.807, 2.05) is 0 Å². The molecule has 0 saturated carbocycles. The van der Waals surface area contributed by atoms with Gasteiger partial charge >= 0.3 is 0 Å². The lowest BCUT2D eigenvalue weighted by Crippen LogP contribution is -2.21. The number of rotatable bonds is 6. The van der Waals surface area contributed by atoms with Gasteiger partial charge < -0.3 is 15.4 Å². The Balaban J connectivity index is 2.00. The zero-order chi connectivity index (χ0) is 18.4. The van der Waals surface area contributed by atoms with E-state index >= 15 is 0 Å². The standard InChI is InChI=1S/C18H17FN2O4/c1-11(22)16-8-13(19)6-7-17(16)25-10-18(24)21-15-5-3-4-14(9-15)20-12(2)23/h3-9H,10H2,1-2H3,(H,20,23)(H,21,24). The molecular formula is C18H17FN2O4. The molecule has 2 N–H and O–H groups in total. The molecule has 2 rings (SSSR count). The number of ketones is 1. The minimum atomic E-state index is -0.559. The summed E-state index contributed by atoms with van der Waals surface area (Å²) in [5.74, 6) is -1.47. The number of halogens is 1. The molecule has 0 spiro atoms. The highest BCUT2D eigenvalue weighted by Gasteiger charge is 2.12. The number of nitrogens with one attached hydrogen (secondary N) is 2. The molecule has 0 aliphatic heterocycles. The summed E-state index contributed by atoms with van der Waals surface area (Å²) in [6.07, 6.45) is 0. The number of Topliss-reactive ketones (excluding diaryl/α,β-unsaturated/α-hetero) is 1. The number of amides is 2. The molecule has 0 aliphatic rings. The maximum absolute atomic E-state index is 13.2. The zero-order valence-electron chi connectivity index (χ0n) is 13.8. The molecule has 0 bridgehead atoms. The fourth-order valence-corrected chi connectivity index (χ4v) is 2.12. The first kappa shape index (κ1) is 18.1. The first-order chi connectivity index (χ1) is 11.8. The third kappa shape index (κ3) is 5.42. The predicted molar refractivity (Wildman–Crippen MR) is 91.3 cm³/mol. The van der Waals surface area contributed by atoms with Crippen LogP contribution < -0.4 is 15.4 Å². The highest BCUT2D eigenvalue weighted by atomic mass is 19.1. The molecule has 0 atom stereocenters. The summed E-state index contributed by atoms with van der Waals surface area (Å²) in [6, 6.07) is 10.1. The molecule has 0 radical (unpaired) electrons. The lowest BCUT2D eigenvalue weighted by Gasteiger charge is -2.11. The summed E-state index contributed by atoms with van der Waals surface area (Å²) in [5, 5.41) is 5.22. The van der Waals surface area contributed by atoms with Crippen molar-refractivity contribution >= 4 is 29.0 Å². The van der Waals surface area contributed by atoms with Gasteiger partial charge in [0.15, 0.2) is 12.4 Å². The van der Waals surface area contributed by atoms with Gasteiger partial charge in [-0.1, -0.05) is 6.07 Å². The number of benzene rings is 2. The van der Waals surface area contributed by atoms with E-state index in [9.17, 15) is 18.8 Å². The molecule has 0 fully saturated rings. The van der Waals surface area contributed by atoms with E-state index in [0.717, 1.165) is 12.1 Å². The summed E-state index contributed by atoms with van der Waals surface area (Å²) >= 11 is 0. The highest BCUT2D eigenvalue weighted by molar-refractivity contribution is 5.97. The van der Waals surface area contributed by atoms with Crippen LogP contribution >= 0.6 is 0 Å². The van der Waals surface area contributed by atoms with E-state index in [4.69, 9.17) is 4.74 Å². The SMILES string of the molecule is CC(=O)Nc1cccc(NC(=O)COc2ccc(F)cc2C(C)=O)c1. The van der Waals surface area contributed by atoms with Gasteiger partial charge in [0.1, 0.15) is 11.6 Å². The maximum atomic E-state index is 13.2. The number of anilines is 2. The number of ether oxygens (including phenoxy) is 1. The van der Waals surface area contributed by atoms with Crippen LogP contribution in [0.5, 0.6) is 5.75 Å². The number of carbonyl (C=O) groups is 3. The van der Waals surface area contributed by atoms with Crippen LogP contribution in [0.25, 0.3) is 0 Å². The Bertz CT molecular complexity index is 820. The maximum Gasteiger partial charge on any atom is 0.262 e. The van der Waals surface area contributed by atoms with Gasteiger partial charge in [-0.2, -0.15) is 0 Å². The normalized spacial score (nSPS) is 10.0. The van der Waals surface area contributed by atoms with Crippen molar-refractivity contribution in [2.24, 2.45) is 0 Å². The summed E-state index contributed by atoms with van der Waals surface area (Å²) in [7, 11) is 0. The Hall–Kier alpha value is -3.22. The van der Waals surface area contributed by atoms with E-state index in [1.54, 1.807) is 24.3 Å². The summed E-state index contributed by atoms with van der Waals surface area (Å²) in [5.41, 5.74) is 1.09. The van der Waals surface area contributed by atoms with Crippen LogP contribution in [0.4, 0.5) is 15.8 Å². The van der Waals surface area contributed by atoms with Crippen molar-refractivity contribution in [1.29, 1.82) is 0 Å². The fraction of sp³-hybridized carbons (Fsp3) is 0.167. The minimum Gasteiger partial charge on any atom is -0.483 e. The van der Waals surface area contributed by atoms with Crippen molar-refractivity contribution < 1.29 is 23.5 Å². The number of hydrogen-bond acceptors (Lipinski definition) is 4. The zero-order valence-corrected chi connectivity index (χ0v) is 13.8. The van der Waals surface area contributed by atoms with E-state index in [-0.39, 0.29) is 29.6 Å². The Morgan fingerprint density at radius 2 is 1.68 bits per heavy atom. The molecule has 2 aromatic carbocycles. The van der Waals surface area contributed by atoms with Crippen LogP contribution in [0.15, 0.2) is 42.5 Å². The lowest BCUT2D eigenvalue weighted by atomic mass is 10.1. The lowest BCUT2D eigenvalue weighted by molar-refractivity contribution is -0.118. The third-order valence-electron chi connectivity index (χ3n) is 3.15. The highest BCUT2D eigenvalue weighted by Crippen LogP contribution is 2.20. The summed E-state index contributed by atoms with van der Waals surface area (Å²) in [4.78, 5) is 34.5. The van der Waals surface area contributed by atoms with Gasteiger partial charge in [-0.25, -0.2) is 4.39 Å². The second kappa shape index (κ2) is 8.05. The largest absolute Gasteiger partial charge is 0.483 e. The molecule has 0 aromatic heterocycles. The van der Waals surface area contributed by atoms with Crippen molar-refractivity contribution in [2.45, 2.75) is 13.8 Å². The molecule has 2 aromatic rings. The van der Waals surface area contributed by atoms with Crippen molar-refractivity contribution in [3.8, 4) is 5.75 Å². The van der Waals surface area contributed by atoms with Crippen molar-refractivity contribution in [1.82, 2.24) is 0 Å². The smallest absolute Gasteiger partial charge is 0.262 e. The Labute approximate surface area is 144 Å². The number of hydrogen-bond donors (Lipinski definition) is 2. The second-order valence-electron chi connectivity index (χ2n) is 5.30. The van der Waals surface area contributed by atoms with E-state index < -0.39 is 11.7 Å². The molecule has 2 amide bonds.